The summed E-state index contributed by atoms with van der Waals surface area (Å²) < 4.78 is 0. The zero-order valence-electron chi connectivity index (χ0n) is 13.8. The number of rotatable bonds is 6. The molecule has 5 heteroatoms. The highest BCUT2D eigenvalue weighted by atomic mass is 16.4. The number of aliphatic carboxylic acids is 1. The molecule has 0 aromatic heterocycles. The van der Waals surface area contributed by atoms with Crippen molar-refractivity contribution in [2.24, 2.45) is 11.8 Å². The largest absolute Gasteiger partial charge is 0.481 e. The molecule has 0 spiro atoms. The maximum atomic E-state index is 12.0. The summed E-state index contributed by atoms with van der Waals surface area (Å²) in [4.78, 5) is 22.9. The van der Waals surface area contributed by atoms with E-state index in [1.165, 1.54) is 0 Å². The Morgan fingerprint density at radius 3 is 2.26 bits per heavy atom. The van der Waals surface area contributed by atoms with Crippen LogP contribution in [0, 0.1) is 11.8 Å². The molecule has 1 aliphatic rings. The molecule has 0 aliphatic heterocycles. The minimum atomic E-state index is -0.680. The second kappa shape index (κ2) is 7.99. The highest BCUT2D eigenvalue weighted by molar-refractivity contribution is 5.94. The van der Waals surface area contributed by atoms with Gasteiger partial charge in [-0.15, -0.1) is 0 Å². The van der Waals surface area contributed by atoms with Gasteiger partial charge in [0.05, 0.1) is 5.92 Å². The molecule has 1 fully saturated rings. The maximum Gasteiger partial charge on any atom is 0.306 e. The molecule has 2 rings (SSSR count). The molecule has 0 radical (unpaired) electrons. The van der Waals surface area contributed by atoms with Gasteiger partial charge in [0.25, 0.3) is 5.91 Å². The average Bonchev–Trinajstić information content (AvgIpc) is 2.54. The van der Waals surface area contributed by atoms with Gasteiger partial charge in [-0.2, -0.15) is 0 Å². The van der Waals surface area contributed by atoms with Crippen molar-refractivity contribution in [3.05, 3.63) is 29.8 Å². The average molecular weight is 318 g/mol. The number of anilines is 1. The van der Waals surface area contributed by atoms with Gasteiger partial charge in [-0.25, -0.2) is 0 Å². The summed E-state index contributed by atoms with van der Waals surface area (Å²) in [5, 5.41) is 15.3. The van der Waals surface area contributed by atoms with Crippen molar-refractivity contribution >= 4 is 17.6 Å². The van der Waals surface area contributed by atoms with E-state index in [4.69, 9.17) is 5.11 Å². The molecule has 1 aromatic rings. The van der Waals surface area contributed by atoms with Crippen LogP contribution in [0.4, 0.5) is 5.69 Å². The molecule has 3 N–H and O–H groups in total. The SMILES string of the molecule is CC(C)CNC(=O)c1ccc(NC2CCC(C(=O)O)CC2)cc1. The number of nitrogens with one attached hydrogen (secondary N) is 2. The summed E-state index contributed by atoms with van der Waals surface area (Å²) in [6.45, 7) is 4.80. The molecule has 0 saturated heterocycles. The van der Waals surface area contributed by atoms with Crippen molar-refractivity contribution in [1.29, 1.82) is 0 Å². The van der Waals surface area contributed by atoms with Gasteiger partial charge in [0.2, 0.25) is 0 Å². The number of carbonyl (C=O) groups is 2. The maximum absolute atomic E-state index is 12.0. The molecule has 1 amide bonds. The lowest BCUT2D eigenvalue weighted by Gasteiger charge is -2.27. The molecular formula is C18H26N2O3. The van der Waals surface area contributed by atoms with E-state index in [2.05, 4.69) is 24.5 Å². The molecule has 1 aliphatic carbocycles. The van der Waals surface area contributed by atoms with Gasteiger partial charge in [0.15, 0.2) is 0 Å². The lowest BCUT2D eigenvalue weighted by molar-refractivity contribution is -0.142. The molecule has 23 heavy (non-hydrogen) atoms. The number of hydrogen-bond donors (Lipinski definition) is 3. The molecule has 5 nitrogen and oxygen atoms in total. The van der Waals surface area contributed by atoms with Crippen LogP contribution in [0.3, 0.4) is 0 Å². The number of carboxylic acid groups (broad SMARTS) is 1. The first kappa shape index (κ1) is 17.3. The fourth-order valence-electron chi connectivity index (χ4n) is 2.84. The predicted octanol–water partition coefficient (Wildman–Crippen LogP) is 3.13. The lowest BCUT2D eigenvalue weighted by atomic mass is 9.86. The Hall–Kier alpha value is -2.04. The smallest absolute Gasteiger partial charge is 0.306 e. The normalized spacial score (nSPS) is 21.0. The molecule has 0 atom stereocenters. The standard InChI is InChI=1S/C18H26N2O3/c1-12(2)11-19-17(21)13-3-7-15(8-4-13)20-16-9-5-14(6-10-16)18(22)23/h3-4,7-8,12,14,16,20H,5-6,9-11H2,1-2H3,(H,19,21)(H,22,23). The first-order chi connectivity index (χ1) is 11.0. The van der Waals surface area contributed by atoms with Crippen molar-refractivity contribution in [1.82, 2.24) is 5.32 Å². The molecule has 0 unspecified atom stereocenters. The van der Waals surface area contributed by atoms with Crippen LogP contribution in [-0.2, 0) is 4.79 Å². The summed E-state index contributed by atoms with van der Waals surface area (Å²) in [5.74, 6) is -0.492. The van der Waals surface area contributed by atoms with Crippen LogP contribution in [0.15, 0.2) is 24.3 Å². The number of carboxylic acids is 1. The van der Waals surface area contributed by atoms with Crippen LogP contribution < -0.4 is 10.6 Å². The van der Waals surface area contributed by atoms with Crippen molar-refractivity contribution < 1.29 is 14.7 Å². The van der Waals surface area contributed by atoms with Crippen LogP contribution in [-0.4, -0.2) is 29.6 Å². The van der Waals surface area contributed by atoms with Crippen LogP contribution in [0.1, 0.15) is 49.9 Å². The van der Waals surface area contributed by atoms with Gasteiger partial charge in [0.1, 0.15) is 0 Å². The van der Waals surface area contributed by atoms with Gasteiger partial charge < -0.3 is 15.7 Å². The predicted molar refractivity (Wildman–Crippen MR) is 90.6 cm³/mol. The van der Waals surface area contributed by atoms with E-state index in [9.17, 15) is 9.59 Å². The Morgan fingerprint density at radius 2 is 1.74 bits per heavy atom. The molecule has 1 aromatic carbocycles. The van der Waals surface area contributed by atoms with E-state index >= 15 is 0 Å². The Labute approximate surface area is 137 Å². The summed E-state index contributed by atoms with van der Waals surface area (Å²) in [6.07, 6.45) is 3.19. The van der Waals surface area contributed by atoms with Crippen molar-refractivity contribution in [2.75, 3.05) is 11.9 Å². The van der Waals surface area contributed by atoms with Crippen molar-refractivity contribution in [3.63, 3.8) is 0 Å². The first-order valence-electron chi connectivity index (χ1n) is 8.33. The van der Waals surface area contributed by atoms with Gasteiger partial charge in [0, 0.05) is 23.8 Å². The minimum Gasteiger partial charge on any atom is -0.481 e. The van der Waals surface area contributed by atoms with Gasteiger partial charge in [-0.1, -0.05) is 13.8 Å². The van der Waals surface area contributed by atoms with Crippen molar-refractivity contribution in [3.8, 4) is 0 Å². The zero-order valence-corrected chi connectivity index (χ0v) is 13.8. The van der Waals surface area contributed by atoms with E-state index in [0.717, 1.165) is 31.4 Å². The van der Waals surface area contributed by atoms with E-state index in [1.807, 2.05) is 24.3 Å². The molecule has 0 bridgehead atoms. The Morgan fingerprint density at radius 1 is 1.13 bits per heavy atom. The summed E-state index contributed by atoms with van der Waals surface area (Å²) in [6, 6.07) is 7.77. The monoisotopic (exact) mass is 318 g/mol. The van der Waals surface area contributed by atoms with E-state index in [0.29, 0.717) is 24.1 Å². The number of hydrogen-bond acceptors (Lipinski definition) is 3. The van der Waals surface area contributed by atoms with E-state index in [1.54, 1.807) is 0 Å². The van der Waals surface area contributed by atoms with Crippen LogP contribution in [0.5, 0.6) is 0 Å². The summed E-state index contributed by atoms with van der Waals surface area (Å²) >= 11 is 0. The highest BCUT2D eigenvalue weighted by Crippen LogP contribution is 2.26. The first-order valence-corrected chi connectivity index (χ1v) is 8.33. The second-order valence-corrected chi connectivity index (χ2v) is 6.71. The topological polar surface area (TPSA) is 78.4 Å². The fourth-order valence-corrected chi connectivity index (χ4v) is 2.84. The van der Waals surface area contributed by atoms with Gasteiger partial charge in [-0.05, 0) is 55.9 Å². The number of benzene rings is 1. The molecule has 1 saturated carbocycles. The third-order valence-electron chi connectivity index (χ3n) is 4.27. The van der Waals surface area contributed by atoms with E-state index < -0.39 is 5.97 Å². The Balaban J connectivity index is 1.83. The summed E-state index contributed by atoms with van der Waals surface area (Å²) in [5.41, 5.74) is 1.63. The highest BCUT2D eigenvalue weighted by Gasteiger charge is 2.25. The van der Waals surface area contributed by atoms with E-state index in [-0.39, 0.29) is 11.8 Å². The third kappa shape index (κ3) is 5.27. The van der Waals surface area contributed by atoms with Crippen LogP contribution in [0.25, 0.3) is 0 Å². The van der Waals surface area contributed by atoms with Gasteiger partial charge in [-0.3, -0.25) is 9.59 Å². The zero-order chi connectivity index (χ0) is 16.8. The molecule has 126 valence electrons. The van der Waals surface area contributed by atoms with Gasteiger partial charge >= 0.3 is 5.97 Å². The lowest BCUT2D eigenvalue weighted by Crippen LogP contribution is -2.29. The summed E-state index contributed by atoms with van der Waals surface area (Å²) in [7, 11) is 0. The fraction of sp³-hybridized carbons (Fsp3) is 0.556. The number of carbonyl (C=O) groups excluding carboxylic acids is 1. The third-order valence-corrected chi connectivity index (χ3v) is 4.27. The molecular weight excluding hydrogens is 292 g/mol. The Kier molecular flexibility index (Phi) is 6.02. The minimum absolute atomic E-state index is 0.0489. The number of amides is 1. The molecule has 0 heterocycles. The van der Waals surface area contributed by atoms with Crippen LogP contribution >= 0.6 is 0 Å². The van der Waals surface area contributed by atoms with Crippen molar-refractivity contribution in [2.45, 2.75) is 45.6 Å². The second-order valence-electron chi connectivity index (χ2n) is 6.71. The Bertz CT molecular complexity index is 532. The quantitative estimate of drug-likeness (QED) is 0.753. The van der Waals surface area contributed by atoms with Crippen LogP contribution in [0.2, 0.25) is 0 Å².